The molecular formula is C22H27NO3S. The van der Waals surface area contributed by atoms with Gasteiger partial charge in [-0.1, -0.05) is 73.7 Å². The van der Waals surface area contributed by atoms with Crippen LogP contribution in [0.1, 0.15) is 42.9 Å². The molecule has 0 aromatic heterocycles. The lowest BCUT2D eigenvalue weighted by atomic mass is 9.94. The summed E-state index contributed by atoms with van der Waals surface area (Å²) in [7, 11) is 0. The van der Waals surface area contributed by atoms with Crippen molar-refractivity contribution in [1.29, 1.82) is 0 Å². The maximum Gasteiger partial charge on any atom is 0.333 e. The van der Waals surface area contributed by atoms with Crippen molar-refractivity contribution >= 4 is 23.2 Å². The third kappa shape index (κ3) is 6.45. The number of nitrogens with one attached hydrogen (secondary N) is 1. The lowest BCUT2D eigenvalue weighted by Crippen LogP contribution is -2.27. The van der Waals surface area contributed by atoms with E-state index in [9.17, 15) is 9.90 Å². The Hall–Kier alpha value is -2.24. The van der Waals surface area contributed by atoms with Gasteiger partial charge in [0.2, 0.25) is 0 Å². The van der Waals surface area contributed by atoms with Crippen molar-refractivity contribution in [2.24, 2.45) is 0 Å². The van der Waals surface area contributed by atoms with Crippen molar-refractivity contribution in [3.8, 4) is 0 Å². The minimum atomic E-state index is -0.932. The lowest BCUT2D eigenvalue weighted by Gasteiger charge is -2.19. The number of thiocarbonyl (C=S) groups is 1. The van der Waals surface area contributed by atoms with Gasteiger partial charge in [0.1, 0.15) is 0 Å². The van der Waals surface area contributed by atoms with Gasteiger partial charge in [-0.2, -0.15) is 0 Å². The summed E-state index contributed by atoms with van der Waals surface area (Å²) in [6, 6.07) is 18.2. The van der Waals surface area contributed by atoms with Gasteiger partial charge in [0, 0.05) is 25.5 Å². The number of carbonyl (C=O) groups is 1. The molecule has 4 nitrogen and oxygen atoms in total. The number of hydrogen-bond donors (Lipinski definition) is 2. The zero-order valence-corrected chi connectivity index (χ0v) is 16.7. The first kappa shape index (κ1) is 21.1. The quantitative estimate of drug-likeness (QED) is 0.596. The molecule has 0 aliphatic rings. The zero-order chi connectivity index (χ0) is 19.6. The number of hydrogen-bond acceptors (Lipinski definition) is 3. The van der Waals surface area contributed by atoms with Gasteiger partial charge in [0.25, 0.3) is 0 Å². The lowest BCUT2D eigenvalue weighted by molar-refractivity contribution is -0.149. The highest BCUT2D eigenvalue weighted by molar-refractivity contribution is 7.80. The first-order valence-corrected chi connectivity index (χ1v) is 9.70. The predicted octanol–water partition coefficient (Wildman–Crippen LogP) is 4.33. The van der Waals surface area contributed by atoms with E-state index in [1.165, 1.54) is 5.56 Å². The van der Waals surface area contributed by atoms with Gasteiger partial charge < -0.3 is 15.2 Å². The first-order valence-electron chi connectivity index (χ1n) is 9.30. The van der Waals surface area contributed by atoms with Crippen LogP contribution in [-0.4, -0.2) is 28.8 Å². The van der Waals surface area contributed by atoms with E-state index in [4.69, 9.17) is 17.0 Å². The van der Waals surface area contributed by atoms with Crippen molar-refractivity contribution in [2.75, 3.05) is 6.61 Å². The first-order chi connectivity index (χ1) is 13.0. The SMILES string of the molecule is CCOC(Cc1ccc(C(CC)C(=S)NCc2ccccc2)cc1)C(=O)O. The average Bonchev–Trinajstić information content (AvgIpc) is 2.68. The Kier molecular flexibility index (Phi) is 8.43. The van der Waals surface area contributed by atoms with E-state index in [1.54, 1.807) is 6.92 Å². The van der Waals surface area contributed by atoms with Gasteiger partial charge in [-0.05, 0) is 30.0 Å². The largest absolute Gasteiger partial charge is 0.479 e. The van der Waals surface area contributed by atoms with Crippen LogP contribution < -0.4 is 5.32 Å². The Labute approximate surface area is 166 Å². The number of benzene rings is 2. The van der Waals surface area contributed by atoms with E-state index < -0.39 is 12.1 Å². The molecule has 2 N–H and O–H groups in total. The normalized spacial score (nSPS) is 13.0. The van der Waals surface area contributed by atoms with Crippen LogP contribution >= 0.6 is 12.2 Å². The molecule has 5 heteroatoms. The molecule has 0 amide bonds. The van der Waals surface area contributed by atoms with E-state index >= 15 is 0 Å². The molecule has 2 aromatic rings. The average molecular weight is 386 g/mol. The molecule has 27 heavy (non-hydrogen) atoms. The standard InChI is InChI=1S/C22H27NO3S/c1-3-19(21(27)23-15-17-8-6-5-7-9-17)18-12-10-16(11-13-18)14-20(22(24)25)26-4-2/h5-13,19-20H,3-4,14-15H2,1-2H3,(H,23,27)(H,24,25). The molecule has 0 heterocycles. The smallest absolute Gasteiger partial charge is 0.333 e. The van der Waals surface area contributed by atoms with Crippen LogP contribution in [0.5, 0.6) is 0 Å². The summed E-state index contributed by atoms with van der Waals surface area (Å²) < 4.78 is 5.29. The summed E-state index contributed by atoms with van der Waals surface area (Å²) in [5, 5.41) is 12.6. The second-order valence-corrected chi connectivity index (χ2v) is 6.83. The van der Waals surface area contributed by atoms with Crippen molar-refractivity contribution in [2.45, 2.75) is 45.3 Å². The van der Waals surface area contributed by atoms with Gasteiger partial charge in [0.05, 0.1) is 4.99 Å². The second-order valence-electron chi connectivity index (χ2n) is 6.39. The summed E-state index contributed by atoms with van der Waals surface area (Å²) in [4.78, 5) is 12.1. The van der Waals surface area contributed by atoms with Crippen LogP contribution in [-0.2, 0) is 22.5 Å². The highest BCUT2D eigenvalue weighted by Gasteiger charge is 2.19. The van der Waals surface area contributed by atoms with Crippen molar-refractivity contribution in [3.63, 3.8) is 0 Å². The molecule has 0 bridgehead atoms. The fourth-order valence-corrected chi connectivity index (χ4v) is 3.37. The summed E-state index contributed by atoms with van der Waals surface area (Å²) in [5.41, 5.74) is 3.27. The number of carboxylic acids is 1. The number of ether oxygens (including phenoxy) is 1. The second kappa shape index (κ2) is 10.8. The van der Waals surface area contributed by atoms with Gasteiger partial charge in [-0.25, -0.2) is 4.79 Å². The van der Waals surface area contributed by atoms with Crippen LogP contribution in [0, 0.1) is 0 Å². The van der Waals surface area contributed by atoms with Crippen LogP contribution in [0.25, 0.3) is 0 Å². The highest BCUT2D eigenvalue weighted by atomic mass is 32.1. The fourth-order valence-electron chi connectivity index (χ4n) is 3.00. The summed E-state index contributed by atoms with van der Waals surface area (Å²) in [5.74, 6) is -0.793. The summed E-state index contributed by atoms with van der Waals surface area (Å²) in [6.07, 6.45) is 0.449. The Morgan fingerprint density at radius 1 is 1.07 bits per heavy atom. The minimum Gasteiger partial charge on any atom is -0.479 e. The van der Waals surface area contributed by atoms with Crippen molar-refractivity contribution in [3.05, 3.63) is 71.3 Å². The van der Waals surface area contributed by atoms with Crippen molar-refractivity contribution in [1.82, 2.24) is 5.32 Å². The summed E-state index contributed by atoms with van der Waals surface area (Å²) >= 11 is 5.62. The molecule has 0 saturated carbocycles. The van der Waals surface area contributed by atoms with Crippen molar-refractivity contribution < 1.29 is 14.6 Å². The minimum absolute atomic E-state index is 0.139. The monoisotopic (exact) mass is 385 g/mol. The Morgan fingerprint density at radius 2 is 1.74 bits per heavy atom. The highest BCUT2D eigenvalue weighted by Crippen LogP contribution is 2.22. The molecule has 2 aromatic carbocycles. The molecule has 0 radical (unpaired) electrons. The number of rotatable bonds is 10. The Morgan fingerprint density at radius 3 is 2.30 bits per heavy atom. The molecule has 0 fully saturated rings. The Balaban J connectivity index is 2.00. The van der Waals surface area contributed by atoms with E-state index in [2.05, 4.69) is 24.4 Å². The van der Waals surface area contributed by atoms with E-state index in [1.807, 2.05) is 42.5 Å². The van der Waals surface area contributed by atoms with Gasteiger partial charge in [-0.3, -0.25) is 0 Å². The molecule has 2 atom stereocenters. The van der Waals surface area contributed by atoms with E-state index in [-0.39, 0.29) is 5.92 Å². The molecule has 2 unspecified atom stereocenters. The molecule has 0 saturated heterocycles. The number of aliphatic carboxylic acids is 1. The zero-order valence-electron chi connectivity index (χ0n) is 15.9. The third-order valence-electron chi connectivity index (χ3n) is 4.48. The number of carboxylic acid groups (broad SMARTS) is 1. The van der Waals surface area contributed by atoms with Crippen LogP contribution in [0.4, 0.5) is 0 Å². The molecular weight excluding hydrogens is 358 g/mol. The molecule has 0 aliphatic carbocycles. The molecule has 2 rings (SSSR count). The molecule has 0 spiro atoms. The maximum absolute atomic E-state index is 11.2. The van der Waals surface area contributed by atoms with Gasteiger partial charge >= 0.3 is 5.97 Å². The maximum atomic E-state index is 11.2. The summed E-state index contributed by atoms with van der Waals surface area (Å²) in [6.45, 7) is 5.01. The fraction of sp³-hybridized carbons (Fsp3) is 0.364. The third-order valence-corrected chi connectivity index (χ3v) is 4.91. The van der Waals surface area contributed by atoms with Crippen LogP contribution in [0.3, 0.4) is 0 Å². The predicted molar refractivity (Wildman–Crippen MR) is 112 cm³/mol. The van der Waals surface area contributed by atoms with E-state index in [0.29, 0.717) is 19.6 Å². The van der Waals surface area contributed by atoms with Crippen LogP contribution in [0.2, 0.25) is 0 Å². The molecule has 0 aliphatic heterocycles. The topological polar surface area (TPSA) is 58.6 Å². The van der Waals surface area contributed by atoms with Gasteiger partial charge in [-0.15, -0.1) is 0 Å². The van der Waals surface area contributed by atoms with E-state index in [0.717, 1.165) is 22.5 Å². The Bertz CT molecular complexity index is 731. The molecule has 144 valence electrons. The van der Waals surface area contributed by atoms with Gasteiger partial charge in [0.15, 0.2) is 6.10 Å². The van der Waals surface area contributed by atoms with Crippen LogP contribution in [0.15, 0.2) is 54.6 Å².